The van der Waals surface area contributed by atoms with Crippen molar-refractivity contribution in [1.82, 2.24) is 0 Å². The summed E-state index contributed by atoms with van der Waals surface area (Å²) in [5.41, 5.74) is 42.2. The molecule has 8 aliphatic heterocycles. The van der Waals surface area contributed by atoms with Gasteiger partial charge in [0.15, 0.2) is 50.3 Å². The van der Waals surface area contributed by atoms with Crippen LogP contribution in [0.5, 0.6) is 0 Å². The van der Waals surface area contributed by atoms with Crippen LogP contribution in [0.2, 0.25) is 17.5 Å². The molecule has 9 radical (unpaired) electrons. The van der Waals surface area contributed by atoms with Crippen LogP contribution in [0.3, 0.4) is 0 Å². The van der Waals surface area contributed by atoms with Crippen LogP contribution in [0.4, 0.5) is 0 Å². The quantitative estimate of drug-likeness (QED) is 0.0375. The van der Waals surface area contributed by atoms with E-state index in [0.717, 1.165) is 0 Å². The molecule has 33 N–H and O–H groups in total. The number of hydrogen-bond acceptors (Lipinski definition) is 42. The Balaban J connectivity index is 0.000000307. The van der Waals surface area contributed by atoms with E-state index in [9.17, 15) is 97.0 Å². The third kappa shape index (κ3) is 24.7. The summed E-state index contributed by atoms with van der Waals surface area (Å²) in [6, 6.07) is -4.44. The Kier molecular flexibility index (Phi) is 44.8. The average molecular weight is 2050 g/mol. The van der Waals surface area contributed by atoms with E-state index in [0.29, 0.717) is 19.3 Å². The van der Waals surface area contributed by atoms with Gasteiger partial charge in [0.2, 0.25) is 0 Å². The van der Waals surface area contributed by atoms with Crippen LogP contribution in [-0.4, -0.2) is 429 Å². The molecule has 49 heteroatoms. The molecule has 11 rings (SSSR count). The largest absolute Gasteiger partial charge is 0.420 e. The molecular formula is C66H116B3N7O35WY3-4. The summed E-state index contributed by atoms with van der Waals surface area (Å²) in [4.78, 5) is 0. The SMILES string of the molecule is [B]C1[C@@H](O[C@@H]2C(N)C[C@@H](C)C(O)[C@H]2O[C@@H]2O[C@H](CO)[C@H](O[C@H]3OC(CN)[C@@H](O)C(O)C3N)C2O)OC([CH2-])[C@@H](O)[C@@H]1O.[B]C1[C@@H](O[C@@H]2C(N)C[C@@H](C)C(O)[C@H]2O[C@@H]2O[C@H](CO)[C@H](O[C@H]3O[C@@H](CN)[C@@H](O)C(O)C3N)C2O)OC([CH2-])[C@@H](O)[C@@H]1O.[B]C1[C@@H](O[C@@H]2C(N)C[C@@H](C)C(O)[C@H]2O[C@@H]2O[C@H](CO)[CH-]C2O)OC([CH2-])[C@@H](O)[C@@H]1O.[W].[Y].[Y].[Y]. The fourth-order valence-corrected chi connectivity index (χ4v) is 15.5. The van der Waals surface area contributed by atoms with Crippen LogP contribution in [0.1, 0.15) is 40.0 Å². The van der Waals surface area contributed by atoms with Crippen molar-refractivity contribution in [3.8, 4) is 0 Å². The molecule has 42 nitrogen and oxygen atoms in total. The Labute approximate surface area is 760 Å². The first kappa shape index (κ1) is 108. The third-order valence-corrected chi connectivity index (χ3v) is 22.6. The van der Waals surface area contributed by atoms with Gasteiger partial charge in [0.05, 0.1) is 104 Å². The molecule has 0 spiro atoms. The molecule has 51 atom stereocenters. The van der Waals surface area contributed by atoms with Crippen molar-refractivity contribution in [3.05, 3.63) is 27.2 Å². The van der Waals surface area contributed by atoms with Crippen LogP contribution in [-0.2, 0) is 195 Å². The van der Waals surface area contributed by atoms with E-state index >= 15 is 0 Å². The van der Waals surface area contributed by atoms with Gasteiger partial charge in [-0.25, -0.2) is 0 Å². The predicted octanol–water partition coefficient (Wildman–Crippen LogP) is -15.2. The number of nitrogens with two attached hydrogens (primary N) is 7. The molecule has 11 fully saturated rings. The molecule has 0 aromatic rings. The van der Waals surface area contributed by atoms with Crippen molar-refractivity contribution in [1.29, 1.82) is 0 Å². The number of aliphatic hydroxyl groups is 19. The van der Waals surface area contributed by atoms with Gasteiger partial charge in [-0.15, -0.1) is 0 Å². The Bertz CT molecular complexity index is 2700. The first-order chi connectivity index (χ1) is 52.2. The van der Waals surface area contributed by atoms with Gasteiger partial charge in [-0.3, -0.25) is 6.42 Å². The molecule has 0 aromatic heterocycles. The Morgan fingerprint density at radius 3 is 0.861 bits per heavy atom. The summed E-state index contributed by atoms with van der Waals surface area (Å²) in [5, 5.41) is 196. The van der Waals surface area contributed by atoms with Crippen LogP contribution in [0, 0.1) is 44.9 Å². The summed E-state index contributed by atoms with van der Waals surface area (Å²) < 4.78 is 92.0. The van der Waals surface area contributed by atoms with Gasteiger partial charge in [-0.2, -0.15) is 0 Å². The number of aliphatic hydroxyl groups excluding tert-OH is 19. The maximum absolute atomic E-state index is 11.1. The number of rotatable bonds is 21. The summed E-state index contributed by atoms with van der Waals surface area (Å²) >= 11 is 0. The first-order valence-corrected chi connectivity index (χ1v) is 37.2. The molecule has 0 amide bonds. The molecule has 8 heterocycles. The van der Waals surface area contributed by atoms with E-state index in [2.05, 4.69) is 20.8 Å². The minimum atomic E-state index is -1.56. The topological polar surface area (TPSA) is 714 Å². The Morgan fingerprint density at radius 1 is 0.322 bits per heavy atom. The minimum absolute atomic E-state index is 0. The van der Waals surface area contributed by atoms with E-state index < -0.39 is 307 Å². The molecule has 11 aliphatic rings. The van der Waals surface area contributed by atoms with Crippen LogP contribution < -0.4 is 40.1 Å². The van der Waals surface area contributed by atoms with Gasteiger partial charge in [0.25, 0.3) is 0 Å². The standard InChI is InChI=1S/2C24H43BN3O13.C18H30BNO9.W.3Y/c2*1-6-3-8(27)19(39-22-11(25)16(33)14(31)7(2)36-22)21(13(6)30)41-24-18(35)20(10(5-29)38-24)40-23-12(28)17(34)15(32)9(4-26)37-23;1-6-3-9(20)15(28-18-11(19)14(25)13(24)7(2)26-18)16(12(6)23)29-17-10(22)4-8(5-21)27-17;;;;/h2*6-24,29-35H,2-5,26-28H2,1H3;4,6-18,21-25H,2-3,5,20H2,1H3;;;;/q2*-1;-2;;;;/t6-,7?,8?,9?,10-,11?,12?,13?,14-,15-,16-,17?,18?,19-,20+,21-,22-,23-,24+;6-,7?,8?,9+,10-,11?,12?,13?,14-,15-,16-,17?,18?,19-,20+,21-,22-,23-,24+;6-,7?,8+,9?,10?,11?,12?,13-,14-,15-,16-,17+,18-;;;;/m111..../s1. The van der Waals surface area contributed by atoms with Crippen molar-refractivity contribution in [3.63, 3.8) is 0 Å². The number of hydrogen-bond donors (Lipinski definition) is 26. The van der Waals surface area contributed by atoms with E-state index in [-0.39, 0.29) is 157 Å². The monoisotopic (exact) mass is 2050 g/mol. The van der Waals surface area contributed by atoms with Crippen molar-refractivity contribution in [2.45, 2.75) is 333 Å². The minimum Gasteiger partial charge on any atom is -0.420 e. The normalized spacial score (nSPS) is 52.6. The summed E-state index contributed by atoms with van der Waals surface area (Å²) in [6.07, 6.45) is -46.3. The molecule has 3 saturated carbocycles. The van der Waals surface area contributed by atoms with Crippen LogP contribution in [0.15, 0.2) is 0 Å². The van der Waals surface area contributed by atoms with E-state index in [4.69, 9.17) is 139 Å². The summed E-state index contributed by atoms with van der Waals surface area (Å²) in [6.45, 7) is 14.3. The van der Waals surface area contributed by atoms with Crippen LogP contribution >= 0.6 is 0 Å². The zero-order valence-corrected chi connectivity index (χ0v) is 75.2. The van der Waals surface area contributed by atoms with E-state index in [1.807, 2.05) is 0 Å². The fourth-order valence-electron chi connectivity index (χ4n) is 15.5. The fraction of sp³-hybridized carbons (Fsp3) is 0.939. The van der Waals surface area contributed by atoms with E-state index in [1.165, 1.54) is 6.42 Å². The Morgan fingerprint density at radius 2 is 0.591 bits per heavy atom. The van der Waals surface area contributed by atoms with Crippen molar-refractivity contribution in [2.24, 2.45) is 57.9 Å². The molecule has 3 aliphatic carbocycles. The van der Waals surface area contributed by atoms with Crippen molar-refractivity contribution < 1.29 is 292 Å². The average Bonchev–Trinajstić information content (AvgIpc) is 1.73. The maximum atomic E-state index is 11.1. The third-order valence-electron chi connectivity index (χ3n) is 22.6. The molecule has 0 bridgehead atoms. The van der Waals surface area contributed by atoms with Gasteiger partial charge in [0, 0.05) is 174 Å². The van der Waals surface area contributed by atoms with Gasteiger partial charge in [0.1, 0.15) is 110 Å². The zero-order chi connectivity index (χ0) is 82.1. The van der Waals surface area contributed by atoms with Gasteiger partial charge >= 0.3 is 0 Å². The predicted molar refractivity (Wildman–Crippen MR) is 374 cm³/mol. The van der Waals surface area contributed by atoms with Gasteiger partial charge in [-0.05, 0) is 67.5 Å². The zero-order valence-electron chi connectivity index (χ0n) is 63.7. The second kappa shape index (κ2) is 47.7. The Hall–Kier alpha value is 2.51. The summed E-state index contributed by atoms with van der Waals surface area (Å²) in [7, 11) is 18.0. The molecule has 653 valence electrons. The first-order valence-electron chi connectivity index (χ1n) is 37.2. The van der Waals surface area contributed by atoms with Crippen molar-refractivity contribution >= 4 is 23.5 Å². The second-order valence-corrected chi connectivity index (χ2v) is 30.7. The molecule has 8 saturated heterocycles. The molecule has 0 aromatic carbocycles. The van der Waals surface area contributed by atoms with Crippen LogP contribution in [0.25, 0.3) is 0 Å². The molecule has 115 heavy (non-hydrogen) atoms. The van der Waals surface area contributed by atoms with Gasteiger partial charge in [-0.1, -0.05) is 20.8 Å². The molecule has 20 unspecified atom stereocenters. The smallest absolute Gasteiger partial charge is 0.187 e. The molecular weight excluding hydrogens is 1930 g/mol. The van der Waals surface area contributed by atoms with E-state index in [1.54, 1.807) is 20.8 Å². The number of ether oxygens (including phenoxy) is 16. The summed E-state index contributed by atoms with van der Waals surface area (Å²) in [5.74, 6) is -4.38. The maximum Gasteiger partial charge on any atom is 0.187 e. The second-order valence-electron chi connectivity index (χ2n) is 30.7. The van der Waals surface area contributed by atoms with Gasteiger partial charge < -0.3 is 234 Å². The van der Waals surface area contributed by atoms with Crippen molar-refractivity contribution in [2.75, 3.05) is 32.9 Å².